The summed E-state index contributed by atoms with van der Waals surface area (Å²) in [5.41, 5.74) is 5.37. The van der Waals surface area contributed by atoms with Crippen LogP contribution in [0.5, 0.6) is 0 Å². The monoisotopic (exact) mass is 454 g/mol. The van der Waals surface area contributed by atoms with Crippen LogP contribution in [0.1, 0.15) is 49.4 Å². The van der Waals surface area contributed by atoms with E-state index in [1.165, 1.54) is 25.7 Å². The number of aromatic nitrogens is 2. The van der Waals surface area contributed by atoms with Crippen molar-refractivity contribution in [2.24, 2.45) is 5.10 Å². The molecule has 1 amide bonds. The number of halogens is 1. The molecule has 2 aromatic rings. The van der Waals surface area contributed by atoms with Crippen LogP contribution in [-0.2, 0) is 0 Å². The zero-order valence-corrected chi connectivity index (χ0v) is 18.9. The van der Waals surface area contributed by atoms with E-state index in [9.17, 15) is 4.79 Å². The summed E-state index contributed by atoms with van der Waals surface area (Å²) in [6.45, 7) is 2.21. The lowest BCUT2D eigenvalue weighted by molar-refractivity contribution is 0.0963. The van der Waals surface area contributed by atoms with Crippen LogP contribution in [0.25, 0.3) is 0 Å². The first-order chi connectivity index (χ1) is 15.6. The number of nitrogens with zero attached hydrogens (tertiary/aromatic N) is 5. The number of hydrogen-bond acceptors (Lipinski definition) is 8. The number of carbonyl (C=O) groups excluding carboxylic acids is 1. The third-order valence-corrected chi connectivity index (χ3v) is 6.84. The Balaban J connectivity index is 1.50. The lowest BCUT2D eigenvalue weighted by Crippen LogP contribution is -2.60. The Hall–Kier alpha value is -3.07. The second-order valence-corrected chi connectivity index (χ2v) is 8.76. The highest BCUT2D eigenvalue weighted by Gasteiger charge is 2.44. The highest BCUT2D eigenvalue weighted by atomic mass is 35.5. The van der Waals surface area contributed by atoms with E-state index in [0.29, 0.717) is 28.3 Å². The molecule has 0 radical (unpaired) electrons. The van der Waals surface area contributed by atoms with Gasteiger partial charge >= 0.3 is 0 Å². The van der Waals surface area contributed by atoms with E-state index in [1.807, 2.05) is 12.5 Å². The number of amides is 1. The summed E-state index contributed by atoms with van der Waals surface area (Å²) < 4.78 is 0. The second kappa shape index (κ2) is 8.46. The van der Waals surface area contributed by atoms with Crippen LogP contribution in [0.3, 0.4) is 0 Å². The Bertz CT molecular complexity index is 1050. The summed E-state index contributed by atoms with van der Waals surface area (Å²) in [5.74, 6) is 1.21. The average molecular weight is 455 g/mol. The molecule has 1 aromatic heterocycles. The smallest absolute Gasteiger partial charge is 0.251 e. The lowest BCUT2D eigenvalue weighted by atomic mass is 10.0. The molecule has 0 saturated heterocycles. The van der Waals surface area contributed by atoms with Crippen LogP contribution in [-0.4, -0.2) is 47.5 Å². The number of rotatable bonds is 5. The van der Waals surface area contributed by atoms with E-state index in [2.05, 4.69) is 42.9 Å². The Kier molecular flexibility index (Phi) is 5.50. The molecule has 168 valence electrons. The molecule has 1 aromatic carbocycles. The number of nitrogens with one attached hydrogen (secondary N) is 3. The number of fused-ring (bicyclic) bond motifs is 3. The van der Waals surface area contributed by atoms with Gasteiger partial charge in [0.15, 0.2) is 5.82 Å². The van der Waals surface area contributed by atoms with Crippen molar-refractivity contribution >= 4 is 47.0 Å². The van der Waals surface area contributed by atoms with Gasteiger partial charge in [-0.1, -0.05) is 31.4 Å². The molecular weight excluding hydrogens is 428 g/mol. The third-order valence-electron chi connectivity index (χ3n) is 6.52. The van der Waals surface area contributed by atoms with Gasteiger partial charge in [-0.2, -0.15) is 10.1 Å². The number of hydrazone groups is 1. The van der Waals surface area contributed by atoms with Gasteiger partial charge in [0.1, 0.15) is 18.2 Å². The van der Waals surface area contributed by atoms with Crippen LogP contribution in [0.4, 0.5) is 23.1 Å². The number of anilines is 4. The SMILES string of the molecule is CC[C@@H]1C2NN=CN2c2cnc(Nc3ccc(C(=O)NC)cc3Cl)nc2N1C1CCCC1. The van der Waals surface area contributed by atoms with Crippen LogP contribution in [0.2, 0.25) is 5.02 Å². The van der Waals surface area contributed by atoms with Crippen molar-refractivity contribution in [3.05, 3.63) is 35.0 Å². The topological polar surface area (TPSA) is 97.8 Å². The number of benzene rings is 1. The Morgan fingerprint density at radius 1 is 1.31 bits per heavy atom. The van der Waals surface area contributed by atoms with Crippen molar-refractivity contribution in [1.29, 1.82) is 0 Å². The Labute approximate surface area is 192 Å². The van der Waals surface area contributed by atoms with Crippen molar-refractivity contribution in [3.8, 4) is 0 Å². The lowest BCUT2D eigenvalue weighted by Gasteiger charge is -2.47. The molecule has 1 saturated carbocycles. The maximum absolute atomic E-state index is 11.9. The second-order valence-electron chi connectivity index (χ2n) is 8.35. The van der Waals surface area contributed by atoms with Gasteiger partial charge in [-0.05, 0) is 37.5 Å². The van der Waals surface area contributed by atoms with Gasteiger partial charge in [0, 0.05) is 18.7 Å². The predicted molar refractivity (Wildman–Crippen MR) is 127 cm³/mol. The molecule has 3 aliphatic rings. The molecule has 1 unspecified atom stereocenters. The van der Waals surface area contributed by atoms with Gasteiger partial charge in [-0.15, -0.1) is 0 Å². The minimum Gasteiger partial charge on any atom is -0.355 e. The van der Waals surface area contributed by atoms with E-state index in [0.717, 1.165) is 17.9 Å². The molecule has 5 rings (SSSR count). The molecule has 3 heterocycles. The molecular formula is C22H27ClN8O. The fraction of sp³-hybridized carbons (Fsp3) is 0.455. The molecule has 2 atom stereocenters. The molecule has 2 aliphatic heterocycles. The minimum atomic E-state index is -0.184. The third kappa shape index (κ3) is 3.50. The predicted octanol–water partition coefficient (Wildman–Crippen LogP) is 3.45. The summed E-state index contributed by atoms with van der Waals surface area (Å²) in [5, 5.41) is 10.6. The quantitative estimate of drug-likeness (QED) is 0.636. The van der Waals surface area contributed by atoms with Gasteiger partial charge < -0.3 is 20.4 Å². The summed E-state index contributed by atoms with van der Waals surface area (Å²) in [6, 6.07) is 5.84. The first-order valence-electron chi connectivity index (χ1n) is 11.1. The molecule has 3 N–H and O–H groups in total. The zero-order chi connectivity index (χ0) is 22.2. The van der Waals surface area contributed by atoms with Crippen LogP contribution in [0.15, 0.2) is 29.5 Å². The average Bonchev–Trinajstić information content (AvgIpc) is 3.51. The van der Waals surface area contributed by atoms with Gasteiger partial charge in [-0.3, -0.25) is 10.2 Å². The summed E-state index contributed by atoms with van der Waals surface area (Å²) in [4.78, 5) is 26.0. The van der Waals surface area contributed by atoms with Gasteiger partial charge in [0.25, 0.3) is 5.91 Å². The highest BCUT2D eigenvalue weighted by Crippen LogP contribution is 2.42. The van der Waals surface area contributed by atoms with Crippen molar-refractivity contribution in [2.75, 3.05) is 22.2 Å². The summed E-state index contributed by atoms with van der Waals surface area (Å²) in [6.07, 6.45) is 9.56. The van der Waals surface area contributed by atoms with E-state index < -0.39 is 0 Å². The number of hydrogen-bond donors (Lipinski definition) is 3. The molecule has 10 heteroatoms. The van der Waals surface area contributed by atoms with Gasteiger partial charge in [0.05, 0.1) is 22.9 Å². The van der Waals surface area contributed by atoms with E-state index >= 15 is 0 Å². The number of carbonyl (C=O) groups is 1. The Morgan fingerprint density at radius 3 is 2.84 bits per heavy atom. The summed E-state index contributed by atoms with van der Waals surface area (Å²) >= 11 is 6.43. The van der Waals surface area contributed by atoms with E-state index in [1.54, 1.807) is 25.2 Å². The molecule has 1 aliphatic carbocycles. The zero-order valence-electron chi connectivity index (χ0n) is 18.2. The largest absolute Gasteiger partial charge is 0.355 e. The summed E-state index contributed by atoms with van der Waals surface area (Å²) in [7, 11) is 1.59. The van der Waals surface area contributed by atoms with E-state index in [4.69, 9.17) is 16.6 Å². The molecule has 0 spiro atoms. The fourth-order valence-electron chi connectivity index (χ4n) is 4.97. The van der Waals surface area contributed by atoms with Crippen molar-refractivity contribution in [2.45, 2.75) is 57.3 Å². The van der Waals surface area contributed by atoms with Crippen LogP contribution >= 0.6 is 11.6 Å². The van der Waals surface area contributed by atoms with Gasteiger partial charge in [0.2, 0.25) is 5.95 Å². The van der Waals surface area contributed by atoms with E-state index in [-0.39, 0.29) is 18.1 Å². The first-order valence-corrected chi connectivity index (χ1v) is 11.5. The molecule has 1 fully saturated rings. The van der Waals surface area contributed by atoms with Crippen LogP contribution < -0.4 is 25.9 Å². The molecule has 9 nitrogen and oxygen atoms in total. The Morgan fingerprint density at radius 2 is 2.12 bits per heavy atom. The molecule has 32 heavy (non-hydrogen) atoms. The van der Waals surface area contributed by atoms with Crippen molar-refractivity contribution in [1.82, 2.24) is 20.7 Å². The van der Waals surface area contributed by atoms with Crippen LogP contribution in [0, 0.1) is 0 Å². The maximum atomic E-state index is 11.9. The first kappa shape index (κ1) is 20.8. The minimum absolute atomic E-state index is 0.0854. The van der Waals surface area contributed by atoms with Gasteiger partial charge in [-0.25, -0.2) is 4.98 Å². The van der Waals surface area contributed by atoms with Crippen molar-refractivity contribution < 1.29 is 4.79 Å². The normalized spacial score (nSPS) is 21.8. The van der Waals surface area contributed by atoms with Crippen molar-refractivity contribution in [3.63, 3.8) is 0 Å². The molecule has 0 bridgehead atoms. The fourth-order valence-corrected chi connectivity index (χ4v) is 5.19. The standard InChI is InChI=1S/C22H27ClN8O/c1-3-17-20-29-26-12-30(20)18-11-25-22(28-19(18)31(17)14-6-4-5-7-14)27-16-9-8-13(10-15(16)23)21(32)24-2/h8-12,14,17,20,29H,3-7H2,1-2H3,(H,24,32)(H,25,27,28)/t17-,20?/m1/s1. The highest BCUT2D eigenvalue weighted by molar-refractivity contribution is 6.33. The maximum Gasteiger partial charge on any atom is 0.251 e.